The Balaban J connectivity index is 1.29. The van der Waals surface area contributed by atoms with Crippen molar-refractivity contribution in [3.63, 3.8) is 0 Å². The fourth-order valence-electron chi connectivity index (χ4n) is 3.23. The van der Waals surface area contributed by atoms with Gasteiger partial charge in [-0.3, -0.25) is 4.79 Å². The van der Waals surface area contributed by atoms with Gasteiger partial charge in [0.2, 0.25) is 5.91 Å². The minimum atomic E-state index is -0.0595. The third-order valence-electron chi connectivity index (χ3n) is 4.79. The number of benzene rings is 1. The normalized spacial score (nSPS) is 15.8. The second-order valence-corrected chi connectivity index (χ2v) is 8.81. The van der Waals surface area contributed by atoms with Crippen LogP contribution in [0.3, 0.4) is 0 Å². The van der Waals surface area contributed by atoms with E-state index in [-0.39, 0.29) is 18.4 Å². The first-order valence-electron chi connectivity index (χ1n) is 9.87. The number of carbonyl (C=O) groups excluding carboxylic acids is 1. The second kappa shape index (κ2) is 10.1. The molecule has 0 radical (unpaired) electrons. The third kappa shape index (κ3) is 5.38. The van der Waals surface area contributed by atoms with E-state index in [0.717, 1.165) is 40.6 Å². The summed E-state index contributed by atoms with van der Waals surface area (Å²) < 4.78 is 16.9. The molecule has 0 spiro atoms. The fraction of sp³-hybridized carbons (Fsp3) is 0.364. The van der Waals surface area contributed by atoms with Crippen LogP contribution in [0.1, 0.15) is 24.1 Å². The van der Waals surface area contributed by atoms with E-state index in [9.17, 15) is 4.79 Å². The third-order valence-corrected chi connectivity index (χ3v) is 6.72. The molecule has 1 unspecified atom stereocenters. The standard InChI is InChI=1S/C22H24N2O4S2/c1-26-19-10-15(6-7-18(19)28-13-17-4-2-8-27-17)12-23-21(25)11-16-14-30-22(24-16)20-5-3-9-29-20/h3,5-7,9-10,14,17H,2,4,8,11-13H2,1H3,(H,23,25). The average molecular weight is 445 g/mol. The van der Waals surface area contributed by atoms with Gasteiger partial charge in [0.05, 0.1) is 30.2 Å². The van der Waals surface area contributed by atoms with Gasteiger partial charge in [0, 0.05) is 18.5 Å². The van der Waals surface area contributed by atoms with Crippen LogP contribution in [0, 0.1) is 0 Å². The zero-order valence-corrected chi connectivity index (χ0v) is 18.4. The molecule has 158 valence electrons. The lowest BCUT2D eigenvalue weighted by Crippen LogP contribution is -2.24. The molecular formula is C22H24N2O4S2. The number of amides is 1. The summed E-state index contributed by atoms with van der Waals surface area (Å²) in [5.41, 5.74) is 1.73. The molecule has 4 rings (SSSR count). The molecule has 1 amide bonds. The molecule has 1 aliphatic rings. The van der Waals surface area contributed by atoms with E-state index in [1.807, 2.05) is 41.1 Å². The Labute approximate surface area is 183 Å². The smallest absolute Gasteiger partial charge is 0.226 e. The van der Waals surface area contributed by atoms with Crippen molar-refractivity contribution in [1.82, 2.24) is 10.3 Å². The Morgan fingerprint density at radius 1 is 1.30 bits per heavy atom. The number of ether oxygens (including phenoxy) is 3. The molecule has 6 nitrogen and oxygen atoms in total. The molecule has 1 aliphatic heterocycles. The van der Waals surface area contributed by atoms with Crippen molar-refractivity contribution in [2.24, 2.45) is 0 Å². The molecule has 8 heteroatoms. The van der Waals surface area contributed by atoms with Crippen molar-refractivity contribution in [3.8, 4) is 21.4 Å². The molecule has 1 atom stereocenters. The molecule has 1 fully saturated rings. The van der Waals surface area contributed by atoms with Crippen molar-refractivity contribution >= 4 is 28.6 Å². The van der Waals surface area contributed by atoms with E-state index in [4.69, 9.17) is 14.2 Å². The van der Waals surface area contributed by atoms with E-state index in [1.54, 1.807) is 29.8 Å². The highest BCUT2D eigenvalue weighted by atomic mass is 32.1. The summed E-state index contributed by atoms with van der Waals surface area (Å²) in [6.07, 6.45) is 2.53. The van der Waals surface area contributed by atoms with Crippen molar-refractivity contribution in [2.75, 3.05) is 20.3 Å². The van der Waals surface area contributed by atoms with E-state index in [2.05, 4.69) is 10.3 Å². The van der Waals surface area contributed by atoms with Crippen molar-refractivity contribution in [1.29, 1.82) is 0 Å². The summed E-state index contributed by atoms with van der Waals surface area (Å²) in [6.45, 7) is 1.75. The van der Waals surface area contributed by atoms with Crippen LogP contribution in [0.5, 0.6) is 11.5 Å². The maximum Gasteiger partial charge on any atom is 0.226 e. The molecular weight excluding hydrogens is 420 g/mol. The number of thiazole rings is 1. The molecule has 2 aromatic heterocycles. The van der Waals surface area contributed by atoms with Gasteiger partial charge in [-0.05, 0) is 42.0 Å². The minimum absolute atomic E-state index is 0.0595. The molecule has 0 aliphatic carbocycles. The second-order valence-electron chi connectivity index (χ2n) is 7.01. The number of hydrogen-bond acceptors (Lipinski definition) is 7. The van der Waals surface area contributed by atoms with Crippen molar-refractivity contribution < 1.29 is 19.0 Å². The monoisotopic (exact) mass is 444 g/mol. The lowest BCUT2D eigenvalue weighted by molar-refractivity contribution is -0.120. The summed E-state index contributed by atoms with van der Waals surface area (Å²) in [5.74, 6) is 1.28. The van der Waals surface area contributed by atoms with Crippen LogP contribution in [0.15, 0.2) is 41.1 Å². The first-order valence-corrected chi connectivity index (χ1v) is 11.6. The van der Waals surface area contributed by atoms with Crippen LogP contribution in [0.4, 0.5) is 0 Å². The highest BCUT2D eigenvalue weighted by molar-refractivity contribution is 7.20. The number of nitrogens with one attached hydrogen (secondary N) is 1. The number of nitrogens with zero attached hydrogens (tertiary/aromatic N) is 1. The summed E-state index contributed by atoms with van der Waals surface area (Å²) in [5, 5.41) is 7.87. The van der Waals surface area contributed by atoms with Gasteiger partial charge in [-0.2, -0.15) is 0 Å². The summed E-state index contributed by atoms with van der Waals surface area (Å²) in [4.78, 5) is 18.0. The molecule has 3 heterocycles. The quantitative estimate of drug-likeness (QED) is 0.533. The fourth-order valence-corrected chi connectivity index (χ4v) is 4.86. The van der Waals surface area contributed by atoms with Gasteiger partial charge < -0.3 is 19.5 Å². The number of rotatable bonds is 9. The predicted octanol–water partition coefficient (Wildman–Crippen LogP) is 4.30. The van der Waals surface area contributed by atoms with Crippen LogP contribution in [-0.2, 0) is 22.5 Å². The van der Waals surface area contributed by atoms with Gasteiger partial charge in [-0.1, -0.05) is 12.1 Å². The number of methoxy groups -OCH3 is 1. The summed E-state index contributed by atoms with van der Waals surface area (Å²) >= 11 is 3.21. The molecule has 1 saturated heterocycles. The molecule has 3 aromatic rings. The molecule has 1 N–H and O–H groups in total. The minimum Gasteiger partial charge on any atom is -0.493 e. The highest BCUT2D eigenvalue weighted by Crippen LogP contribution is 2.29. The van der Waals surface area contributed by atoms with Crippen LogP contribution in [0.25, 0.3) is 9.88 Å². The van der Waals surface area contributed by atoms with Gasteiger partial charge in [-0.25, -0.2) is 4.98 Å². The zero-order chi connectivity index (χ0) is 20.8. The van der Waals surface area contributed by atoms with E-state index in [0.29, 0.717) is 24.7 Å². The highest BCUT2D eigenvalue weighted by Gasteiger charge is 2.17. The average Bonchev–Trinajstić information content (AvgIpc) is 3.53. The topological polar surface area (TPSA) is 69.7 Å². The van der Waals surface area contributed by atoms with E-state index < -0.39 is 0 Å². The van der Waals surface area contributed by atoms with Crippen LogP contribution in [0.2, 0.25) is 0 Å². The van der Waals surface area contributed by atoms with E-state index in [1.165, 1.54) is 0 Å². The first-order chi connectivity index (χ1) is 14.7. The molecule has 0 bridgehead atoms. The maximum atomic E-state index is 12.3. The largest absolute Gasteiger partial charge is 0.493 e. The number of hydrogen-bond donors (Lipinski definition) is 1. The maximum absolute atomic E-state index is 12.3. The Morgan fingerprint density at radius 2 is 2.23 bits per heavy atom. The summed E-state index contributed by atoms with van der Waals surface area (Å²) in [7, 11) is 1.62. The van der Waals surface area contributed by atoms with Crippen LogP contribution < -0.4 is 14.8 Å². The van der Waals surface area contributed by atoms with Gasteiger partial charge in [0.25, 0.3) is 0 Å². The molecule has 30 heavy (non-hydrogen) atoms. The number of carbonyl (C=O) groups is 1. The Hall–Kier alpha value is -2.42. The first kappa shape index (κ1) is 20.8. The molecule has 0 saturated carbocycles. The van der Waals surface area contributed by atoms with Crippen molar-refractivity contribution in [2.45, 2.75) is 31.9 Å². The molecule has 1 aromatic carbocycles. The Morgan fingerprint density at radius 3 is 3.00 bits per heavy atom. The van der Waals surface area contributed by atoms with E-state index >= 15 is 0 Å². The van der Waals surface area contributed by atoms with Gasteiger partial charge in [0.1, 0.15) is 11.6 Å². The zero-order valence-electron chi connectivity index (χ0n) is 16.8. The summed E-state index contributed by atoms with van der Waals surface area (Å²) in [6, 6.07) is 9.74. The Kier molecular flexibility index (Phi) is 6.99. The number of aromatic nitrogens is 1. The van der Waals surface area contributed by atoms with Crippen LogP contribution in [-0.4, -0.2) is 37.3 Å². The number of thiophene rings is 1. The van der Waals surface area contributed by atoms with Gasteiger partial charge in [-0.15, -0.1) is 22.7 Å². The van der Waals surface area contributed by atoms with Crippen LogP contribution >= 0.6 is 22.7 Å². The van der Waals surface area contributed by atoms with Crippen molar-refractivity contribution in [3.05, 3.63) is 52.3 Å². The SMILES string of the molecule is COc1cc(CNC(=O)Cc2csc(-c3cccs3)n2)ccc1OCC1CCCO1. The predicted molar refractivity (Wildman–Crippen MR) is 118 cm³/mol. The van der Waals surface area contributed by atoms with Gasteiger partial charge in [0.15, 0.2) is 11.5 Å². The lowest BCUT2D eigenvalue weighted by Gasteiger charge is -2.15. The Bertz CT molecular complexity index is 965. The van der Waals surface area contributed by atoms with Gasteiger partial charge >= 0.3 is 0 Å². The lowest BCUT2D eigenvalue weighted by atomic mass is 10.2.